The fourth-order valence-corrected chi connectivity index (χ4v) is 1.51. The molecule has 0 saturated carbocycles. The van der Waals surface area contributed by atoms with Crippen molar-refractivity contribution in [2.75, 3.05) is 6.54 Å². The summed E-state index contributed by atoms with van der Waals surface area (Å²) in [4.78, 5) is 11.8. The molecule has 0 bridgehead atoms. The van der Waals surface area contributed by atoms with Crippen molar-refractivity contribution < 1.29 is 14.4 Å². The van der Waals surface area contributed by atoms with Gasteiger partial charge in [-0.05, 0) is 13.8 Å². The summed E-state index contributed by atoms with van der Waals surface area (Å²) in [5.74, 6) is -0.264. The Morgan fingerprint density at radius 3 is 2.68 bits per heavy atom. The molecule has 1 amide bonds. The van der Waals surface area contributed by atoms with E-state index in [2.05, 4.69) is 10.5 Å². The lowest BCUT2D eigenvalue weighted by atomic mass is 10.1. The second kappa shape index (κ2) is 5.24. The molecule has 0 aliphatic carbocycles. The van der Waals surface area contributed by atoms with Crippen LogP contribution >= 0.6 is 0 Å². The largest absolute Gasteiger partial charge is 0.389 e. The molecule has 19 heavy (non-hydrogen) atoms. The average molecular weight is 260 g/mol. The Bertz CT molecular complexity index is 556. The highest BCUT2D eigenvalue weighted by molar-refractivity contribution is 5.92. The summed E-state index contributed by atoms with van der Waals surface area (Å²) in [5.41, 5.74) is 0.527. The molecule has 2 aromatic rings. The Morgan fingerprint density at radius 2 is 2.05 bits per heavy atom. The number of carbonyl (C=O) groups is 1. The van der Waals surface area contributed by atoms with E-state index in [1.165, 1.54) is 0 Å². The van der Waals surface area contributed by atoms with Crippen LogP contribution in [0.25, 0.3) is 11.3 Å². The fourth-order valence-electron chi connectivity index (χ4n) is 1.51. The van der Waals surface area contributed by atoms with Crippen molar-refractivity contribution in [3.05, 3.63) is 42.2 Å². The van der Waals surface area contributed by atoms with Gasteiger partial charge in [-0.3, -0.25) is 4.79 Å². The third kappa shape index (κ3) is 3.66. The molecule has 1 aromatic heterocycles. The molecule has 0 radical (unpaired) electrons. The third-order valence-corrected chi connectivity index (χ3v) is 2.49. The first-order valence-electron chi connectivity index (χ1n) is 5.98. The molecule has 5 heteroatoms. The number of hydrogen-bond acceptors (Lipinski definition) is 4. The summed E-state index contributed by atoms with van der Waals surface area (Å²) < 4.78 is 5.00. The highest BCUT2D eigenvalue weighted by Crippen LogP contribution is 2.18. The standard InChI is InChI=1S/C14H16N2O3/c1-14(2,18)9-15-13(17)12-8-11(16-19-12)10-6-4-3-5-7-10/h3-8,18H,9H2,1-2H3,(H,15,17). The zero-order valence-corrected chi connectivity index (χ0v) is 10.9. The lowest BCUT2D eigenvalue weighted by Crippen LogP contribution is -2.38. The van der Waals surface area contributed by atoms with Crippen LogP contribution in [0.1, 0.15) is 24.4 Å². The van der Waals surface area contributed by atoms with Crippen LogP contribution in [-0.2, 0) is 0 Å². The van der Waals surface area contributed by atoms with Gasteiger partial charge in [0, 0.05) is 18.2 Å². The van der Waals surface area contributed by atoms with Gasteiger partial charge in [-0.25, -0.2) is 0 Å². The number of benzene rings is 1. The summed E-state index contributed by atoms with van der Waals surface area (Å²) in [6, 6.07) is 11.0. The minimum atomic E-state index is -0.960. The number of nitrogens with zero attached hydrogens (tertiary/aromatic N) is 1. The van der Waals surface area contributed by atoms with E-state index < -0.39 is 11.5 Å². The molecular weight excluding hydrogens is 244 g/mol. The topological polar surface area (TPSA) is 75.4 Å². The Labute approximate surface area is 111 Å². The van der Waals surface area contributed by atoms with Gasteiger partial charge in [0.05, 0.1) is 5.60 Å². The maximum Gasteiger partial charge on any atom is 0.290 e. The second-order valence-corrected chi connectivity index (χ2v) is 4.94. The minimum absolute atomic E-state index is 0.128. The normalized spacial score (nSPS) is 11.3. The smallest absolute Gasteiger partial charge is 0.290 e. The summed E-state index contributed by atoms with van der Waals surface area (Å²) in [5, 5.41) is 16.0. The molecule has 1 heterocycles. The van der Waals surface area contributed by atoms with Crippen molar-refractivity contribution in [3.8, 4) is 11.3 Å². The lowest BCUT2D eigenvalue weighted by molar-refractivity contribution is 0.0676. The first-order chi connectivity index (χ1) is 8.96. The van der Waals surface area contributed by atoms with Crippen LogP contribution in [-0.4, -0.2) is 28.3 Å². The van der Waals surface area contributed by atoms with E-state index in [9.17, 15) is 9.90 Å². The number of amides is 1. The number of nitrogens with one attached hydrogen (secondary N) is 1. The Kier molecular flexibility index (Phi) is 3.66. The van der Waals surface area contributed by atoms with Crippen LogP contribution < -0.4 is 5.32 Å². The van der Waals surface area contributed by atoms with Gasteiger partial charge in [0.2, 0.25) is 5.76 Å². The summed E-state index contributed by atoms with van der Waals surface area (Å²) >= 11 is 0. The van der Waals surface area contributed by atoms with Gasteiger partial charge in [-0.1, -0.05) is 35.5 Å². The lowest BCUT2D eigenvalue weighted by Gasteiger charge is -2.16. The van der Waals surface area contributed by atoms with Crippen molar-refractivity contribution in [2.24, 2.45) is 0 Å². The third-order valence-electron chi connectivity index (χ3n) is 2.49. The number of aromatic nitrogens is 1. The molecule has 1 aromatic carbocycles. The Morgan fingerprint density at radius 1 is 1.37 bits per heavy atom. The number of aliphatic hydroxyl groups is 1. The second-order valence-electron chi connectivity index (χ2n) is 4.94. The van der Waals surface area contributed by atoms with E-state index >= 15 is 0 Å². The Hall–Kier alpha value is -2.14. The number of rotatable bonds is 4. The van der Waals surface area contributed by atoms with Crippen LogP contribution in [0, 0.1) is 0 Å². The van der Waals surface area contributed by atoms with Gasteiger partial charge in [0.15, 0.2) is 0 Å². The molecule has 0 aliphatic heterocycles. The molecule has 0 fully saturated rings. The van der Waals surface area contributed by atoms with Gasteiger partial charge in [-0.2, -0.15) is 0 Å². The van der Waals surface area contributed by atoms with E-state index in [-0.39, 0.29) is 12.3 Å². The molecule has 0 saturated heterocycles. The molecule has 0 unspecified atom stereocenters. The van der Waals surface area contributed by atoms with Crippen molar-refractivity contribution in [1.82, 2.24) is 10.5 Å². The average Bonchev–Trinajstić information content (AvgIpc) is 2.86. The summed E-state index contributed by atoms with van der Waals surface area (Å²) in [6.07, 6.45) is 0. The summed E-state index contributed by atoms with van der Waals surface area (Å²) in [7, 11) is 0. The molecule has 5 nitrogen and oxygen atoms in total. The van der Waals surface area contributed by atoms with Gasteiger partial charge in [-0.15, -0.1) is 0 Å². The van der Waals surface area contributed by atoms with Crippen molar-refractivity contribution in [2.45, 2.75) is 19.4 Å². The predicted octanol–water partition coefficient (Wildman–Crippen LogP) is 1.84. The van der Waals surface area contributed by atoms with Crippen molar-refractivity contribution in [1.29, 1.82) is 0 Å². The van der Waals surface area contributed by atoms with Gasteiger partial charge in [0.25, 0.3) is 5.91 Å². The van der Waals surface area contributed by atoms with E-state index in [4.69, 9.17) is 4.52 Å². The van der Waals surface area contributed by atoms with Crippen LogP contribution in [0.2, 0.25) is 0 Å². The highest BCUT2D eigenvalue weighted by atomic mass is 16.5. The van der Waals surface area contributed by atoms with E-state index in [1.807, 2.05) is 30.3 Å². The van der Waals surface area contributed by atoms with E-state index in [0.29, 0.717) is 5.69 Å². The van der Waals surface area contributed by atoms with Crippen LogP contribution in [0.3, 0.4) is 0 Å². The molecule has 2 rings (SSSR count). The maximum atomic E-state index is 11.8. The van der Waals surface area contributed by atoms with E-state index in [1.54, 1.807) is 19.9 Å². The molecule has 0 spiro atoms. The molecule has 2 N–H and O–H groups in total. The summed E-state index contributed by atoms with van der Waals surface area (Å²) in [6.45, 7) is 3.37. The van der Waals surface area contributed by atoms with Crippen molar-refractivity contribution >= 4 is 5.91 Å². The monoisotopic (exact) mass is 260 g/mol. The van der Waals surface area contributed by atoms with Gasteiger partial charge >= 0.3 is 0 Å². The molecule has 0 atom stereocenters. The van der Waals surface area contributed by atoms with E-state index in [0.717, 1.165) is 5.56 Å². The first kappa shape index (κ1) is 13.3. The molecule has 100 valence electrons. The fraction of sp³-hybridized carbons (Fsp3) is 0.286. The van der Waals surface area contributed by atoms with Gasteiger partial charge < -0.3 is 14.9 Å². The quantitative estimate of drug-likeness (QED) is 0.879. The predicted molar refractivity (Wildman–Crippen MR) is 70.6 cm³/mol. The Balaban J connectivity index is 2.07. The zero-order chi connectivity index (χ0) is 13.9. The zero-order valence-electron chi connectivity index (χ0n) is 10.9. The van der Waals surface area contributed by atoms with Crippen LogP contribution in [0.15, 0.2) is 40.9 Å². The van der Waals surface area contributed by atoms with Gasteiger partial charge in [0.1, 0.15) is 5.69 Å². The van der Waals surface area contributed by atoms with Crippen LogP contribution in [0.4, 0.5) is 0 Å². The highest BCUT2D eigenvalue weighted by Gasteiger charge is 2.18. The first-order valence-corrected chi connectivity index (χ1v) is 5.98. The SMILES string of the molecule is CC(C)(O)CNC(=O)c1cc(-c2ccccc2)no1. The molecular formula is C14H16N2O3. The van der Waals surface area contributed by atoms with Crippen LogP contribution in [0.5, 0.6) is 0 Å². The minimum Gasteiger partial charge on any atom is -0.389 e. The van der Waals surface area contributed by atoms with Crippen molar-refractivity contribution in [3.63, 3.8) is 0 Å². The maximum absolute atomic E-state index is 11.8. The number of carbonyl (C=O) groups excluding carboxylic acids is 1. The number of hydrogen-bond donors (Lipinski definition) is 2. The molecule has 0 aliphatic rings.